The minimum atomic E-state index is -0.154. The summed E-state index contributed by atoms with van der Waals surface area (Å²) in [7, 11) is 0. The summed E-state index contributed by atoms with van der Waals surface area (Å²) in [6.45, 7) is 2.21. The van der Waals surface area contributed by atoms with Gasteiger partial charge >= 0.3 is 0 Å². The van der Waals surface area contributed by atoms with E-state index >= 15 is 0 Å². The zero-order valence-corrected chi connectivity index (χ0v) is 11.3. The second-order valence-electron chi connectivity index (χ2n) is 4.90. The number of para-hydroxylation sites is 1. The van der Waals surface area contributed by atoms with Crippen LogP contribution in [0.25, 0.3) is 22.4 Å². The van der Waals surface area contributed by atoms with Crippen LogP contribution in [0.2, 0.25) is 0 Å². The van der Waals surface area contributed by atoms with Crippen LogP contribution in [-0.4, -0.2) is 34.8 Å². The molecule has 1 N–H and O–H groups in total. The topological polar surface area (TPSA) is 73.1 Å². The number of morpholine rings is 1. The monoisotopic (exact) mass is 282 g/mol. The van der Waals surface area contributed by atoms with Gasteiger partial charge in [-0.25, -0.2) is 0 Å². The lowest BCUT2D eigenvalue weighted by Gasteiger charge is -2.20. The molecule has 21 heavy (non-hydrogen) atoms. The van der Waals surface area contributed by atoms with Crippen LogP contribution in [0.15, 0.2) is 41.1 Å². The summed E-state index contributed by atoms with van der Waals surface area (Å²) >= 11 is 0. The van der Waals surface area contributed by atoms with Gasteiger partial charge in [0.25, 0.3) is 5.89 Å². The number of nitrogens with one attached hydrogen (secondary N) is 1. The summed E-state index contributed by atoms with van der Waals surface area (Å²) in [4.78, 5) is 8.88. The van der Waals surface area contributed by atoms with Crippen molar-refractivity contribution in [1.29, 1.82) is 0 Å². The molecule has 0 spiro atoms. The van der Waals surface area contributed by atoms with E-state index < -0.39 is 0 Å². The van der Waals surface area contributed by atoms with Crippen molar-refractivity contribution < 1.29 is 9.26 Å². The van der Waals surface area contributed by atoms with Crippen LogP contribution >= 0.6 is 0 Å². The van der Waals surface area contributed by atoms with Crippen molar-refractivity contribution in [3.8, 4) is 11.5 Å². The molecule has 1 aliphatic rings. The average Bonchev–Trinajstić information content (AvgIpc) is 3.05. The van der Waals surface area contributed by atoms with Gasteiger partial charge < -0.3 is 14.6 Å². The zero-order chi connectivity index (χ0) is 14.1. The van der Waals surface area contributed by atoms with Crippen LogP contribution in [0.1, 0.15) is 11.9 Å². The molecular formula is C15H14N4O2. The number of ether oxygens (including phenoxy) is 1. The van der Waals surface area contributed by atoms with Gasteiger partial charge in [0, 0.05) is 24.7 Å². The minimum absolute atomic E-state index is 0.154. The molecule has 6 nitrogen and oxygen atoms in total. The third-order valence-electron chi connectivity index (χ3n) is 3.52. The highest BCUT2D eigenvalue weighted by Crippen LogP contribution is 2.27. The van der Waals surface area contributed by atoms with Crippen LogP contribution in [0.5, 0.6) is 0 Å². The highest BCUT2D eigenvalue weighted by atomic mass is 16.5. The number of nitrogens with zero attached hydrogens (tertiary/aromatic N) is 3. The molecule has 0 saturated carbocycles. The number of aromatic nitrogens is 3. The van der Waals surface area contributed by atoms with E-state index in [1.54, 1.807) is 6.20 Å². The van der Waals surface area contributed by atoms with Crippen LogP contribution in [0.3, 0.4) is 0 Å². The third-order valence-corrected chi connectivity index (χ3v) is 3.52. The first kappa shape index (κ1) is 12.4. The van der Waals surface area contributed by atoms with Gasteiger partial charge in [-0.2, -0.15) is 4.98 Å². The lowest BCUT2D eigenvalue weighted by molar-refractivity contribution is 0.0208. The Kier molecular flexibility index (Phi) is 3.10. The Morgan fingerprint density at radius 2 is 2.14 bits per heavy atom. The summed E-state index contributed by atoms with van der Waals surface area (Å²) in [5, 5.41) is 8.34. The van der Waals surface area contributed by atoms with Gasteiger partial charge in [0.05, 0.1) is 17.7 Å². The number of rotatable bonds is 2. The predicted octanol–water partition coefficient (Wildman–Crippen LogP) is 1.95. The molecule has 1 unspecified atom stereocenters. The van der Waals surface area contributed by atoms with Crippen molar-refractivity contribution >= 4 is 10.9 Å². The molecule has 3 heterocycles. The van der Waals surface area contributed by atoms with Gasteiger partial charge in [0.1, 0.15) is 6.10 Å². The van der Waals surface area contributed by atoms with Crippen molar-refractivity contribution in [2.75, 3.05) is 19.7 Å². The molecule has 0 aliphatic carbocycles. The Bertz CT molecular complexity index is 760. The maximum absolute atomic E-state index is 5.64. The lowest BCUT2D eigenvalue weighted by atomic mass is 10.1. The highest BCUT2D eigenvalue weighted by molar-refractivity contribution is 5.91. The van der Waals surface area contributed by atoms with E-state index in [-0.39, 0.29) is 6.10 Å². The fraction of sp³-hybridized carbons (Fsp3) is 0.267. The summed E-state index contributed by atoms with van der Waals surface area (Å²) in [6, 6.07) is 9.83. The molecule has 1 fully saturated rings. The van der Waals surface area contributed by atoms with Gasteiger partial charge in [-0.15, -0.1) is 0 Å². The van der Waals surface area contributed by atoms with E-state index in [0.29, 0.717) is 24.9 Å². The van der Waals surface area contributed by atoms with E-state index in [0.717, 1.165) is 23.0 Å². The van der Waals surface area contributed by atoms with Crippen molar-refractivity contribution in [3.05, 3.63) is 42.4 Å². The van der Waals surface area contributed by atoms with Crippen molar-refractivity contribution in [2.45, 2.75) is 6.10 Å². The summed E-state index contributed by atoms with van der Waals surface area (Å²) in [5.74, 6) is 1.05. The normalized spacial score (nSPS) is 19.0. The number of benzene rings is 1. The van der Waals surface area contributed by atoms with E-state index in [1.807, 2.05) is 30.3 Å². The average molecular weight is 282 g/mol. The number of fused-ring (bicyclic) bond motifs is 1. The van der Waals surface area contributed by atoms with Crippen LogP contribution in [-0.2, 0) is 4.74 Å². The number of hydrogen-bond donors (Lipinski definition) is 1. The summed E-state index contributed by atoms with van der Waals surface area (Å²) in [5.41, 5.74) is 1.70. The Labute approximate surface area is 121 Å². The molecule has 4 rings (SSSR count). The molecule has 6 heteroatoms. The smallest absolute Gasteiger partial charge is 0.260 e. The highest BCUT2D eigenvalue weighted by Gasteiger charge is 2.22. The second kappa shape index (κ2) is 5.23. The molecule has 3 aromatic rings. The summed E-state index contributed by atoms with van der Waals surface area (Å²) in [6.07, 6.45) is 1.61. The van der Waals surface area contributed by atoms with Crippen LogP contribution in [0, 0.1) is 0 Å². The van der Waals surface area contributed by atoms with E-state index in [1.165, 1.54) is 0 Å². The fourth-order valence-electron chi connectivity index (χ4n) is 2.48. The summed E-state index contributed by atoms with van der Waals surface area (Å²) < 4.78 is 11.0. The quantitative estimate of drug-likeness (QED) is 0.774. The Balaban J connectivity index is 1.74. The van der Waals surface area contributed by atoms with Crippen molar-refractivity contribution in [3.63, 3.8) is 0 Å². The van der Waals surface area contributed by atoms with Gasteiger partial charge in [0.15, 0.2) is 0 Å². The molecule has 1 aromatic carbocycles. The van der Waals surface area contributed by atoms with Crippen molar-refractivity contribution in [1.82, 2.24) is 20.4 Å². The molecule has 0 bridgehead atoms. The molecule has 1 saturated heterocycles. The van der Waals surface area contributed by atoms with E-state index in [9.17, 15) is 0 Å². The fourth-order valence-corrected chi connectivity index (χ4v) is 2.48. The largest absolute Gasteiger partial charge is 0.367 e. The molecule has 0 amide bonds. The molecule has 106 valence electrons. The standard InChI is InChI=1S/C15H14N4O2/c1-3-10-4-2-6-17-13(10)11(5-1)15-18-14(19-21-15)12-9-16-7-8-20-12/h1-6,12,16H,7-9H2. The molecule has 1 aliphatic heterocycles. The minimum Gasteiger partial charge on any atom is -0.367 e. The first-order chi connectivity index (χ1) is 10.4. The first-order valence-electron chi connectivity index (χ1n) is 6.92. The Hall–Kier alpha value is -2.31. The molecular weight excluding hydrogens is 268 g/mol. The van der Waals surface area contributed by atoms with Crippen LogP contribution in [0.4, 0.5) is 0 Å². The zero-order valence-electron chi connectivity index (χ0n) is 11.3. The predicted molar refractivity (Wildman–Crippen MR) is 76.6 cm³/mol. The molecule has 0 radical (unpaired) electrons. The molecule has 2 aromatic heterocycles. The Morgan fingerprint density at radius 1 is 1.19 bits per heavy atom. The first-order valence-corrected chi connectivity index (χ1v) is 6.92. The van der Waals surface area contributed by atoms with Gasteiger partial charge in [0.2, 0.25) is 5.82 Å². The number of hydrogen-bond acceptors (Lipinski definition) is 6. The van der Waals surface area contributed by atoms with Crippen LogP contribution < -0.4 is 5.32 Å². The third kappa shape index (κ3) is 2.28. The maximum Gasteiger partial charge on any atom is 0.260 e. The lowest BCUT2D eigenvalue weighted by Crippen LogP contribution is -2.33. The SMILES string of the molecule is c1cnc2c(-c3nc(C4CNCCO4)no3)cccc2c1. The van der Waals surface area contributed by atoms with Gasteiger partial charge in [-0.1, -0.05) is 23.4 Å². The van der Waals surface area contributed by atoms with E-state index in [2.05, 4.69) is 20.4 Å². The second-order valence-corrected chi connectivity index (χ2v) is 4.90. The number of pyridine rings is 1. The molecule has 1 atom stereocenters. The Morgan fingerprint density at radius 3 is 3.05 bits per heavy atom. The van der Waals surface area contributed by atoms with Gasteiger partial charge in [-0.05, 0) is 12.1 Å². The van der Waals surface area contributed by atoms with E-state index in [4.69, 9.17) is 9.26 Å². The van der Waals surface area contributed by atoms with Crippen molar-refractivity contribution in [2.24, 2.45) is 0 Å². The van der Waals surface area contributed by atoms with Gasteiger partial charge in [-0.3, -0.25) is 4.98 Å². The maximum atomic E-state index is 5.64.